The first-order chi connectivity index (χ1) is 9.61. The summed E-state index contributed by atoms with van der Waals surface area (Å²) in [6, 6.07) is 12.2. The van der Waals surface area contributed by atoms with Crippen LogP contribution in [0.15, 0.2) is 30.3 Å². The monoisotopic (exact) mass is 274 g/mol. The molecule has 2 nitrogen and oxygen atoms in total. The molecule has 112 valence electrons. The standard InChI is InChI=1S/C18H30N2/c1-5-15(4)18-11-19-17(14(2)3)13-20(18)12-16-9-7-6-8-10-16/h6-10,14-15,17-19H,5,11-13H2,1-4H3. The maximum Gasteiger partial charge on any atom is 0.0250 e. The van der Waals surface area contributed by atoms with E-state index in [1.807, 2.05) is 0 Å². The zero-order chi connectivity index (χ0) is 14.5. The zero-order valence-corrected chi connectivity index (χ0v) is 13.5. The van der Waals surface area contributed by atoms with Crippen molar-refractivity contribution in [1.29, 1.82) is 0 Å². The average molecular weight is 274 g/mol. The summed E-state index contributed by atoms with van der Waals surface area (Å²) in [5.41, 5.74) is 1.44. The lowest BCUT2D eigenvalue weighted by Gasteiger charge is -2.44. The third kappa shape index (κ3) is 3.83. The maximum absolute atomic E-state index is 3.76. The Morgan fingerprint density at radius 2 is 1.90 bits per heavy atom. The van der Waals surface area contributed by atoms with Crippen LogP contribution in [-0.2, 0) is 6.54 Å². The van der Waals surface area contributed by atoms with Gasteiger partial charge in [-0.1, -0.05) is 64.4 Å². The SMILES string of the molecule is CCC(C)C1CNC(C(C)C)CN1Cc1ccccc1. The normalized spacial score (nSPS) is 25.9. The van der Waals surface area contributed by atoms with Gasteiger partial charge in [-0.2, -0.15) is 0 Å². The van der Waals surface area contributed by atoms with Crippen LogP contribution in [-0.4, -0.2) is 30.1 Å². The Hall–Kier alpha value is -0.860. The van der Waals surface area contributed by atoms with Gasteiger partial charge in [0.15, 0.2) is 0 Å². The third-order valence-corrected chi connectivity index (χ3v) is 4.82. The van der Waals surface area contributed by atoms with E-state index >= 15 is 0 Å². The predicted molar refractivity (Wildman–Crippen MR) is 86.7 cm³/mol. The molecule has 1 N–H and O–H groups in total. The van der Waals surface area contributed by atoms with Crippen molar-refractivity contribution in [2.45, 2.75) is 52.7 Å². The van der Waals surface area contributed by atoms with Gasteiger partial charge in [0.05, 0.1) is 0 Å². The second-order valence-electron chi connectivity index (χ2n) is 6.63. The van der Waals surface area contributed by atoms with E-state index in [1.165, 1.54) is 18.5 Å². The van der Waals surface area contributed by atoms with Crippen LogP contribution >= 0.6 is 0 Å². The van der Waals surface area contributed by atoms with Crippen molar-refractivity contribution in [2.24, 2.45) is 11.8 Å². The Bertz CT molecular complexity index is 388. The molecule has 1 aliphatic rings. The summed E-state index contributed by atoms with van der Waals surface area (Å²) < 4.78 is 0. The number of benzene rings is 1. The topological polar surface area (TPSA) is 15.3 Å². The summed E-state index contributed by atoms with van der Waals surface area (Å²) in [5, 5.41) is 3.76. The van der Waals surface area contributed by atoms with Gasteiger partial charge in [0, 0.05) is 31.7 Å². The molecular weight excluding hydrogens is 244 g/mol. The summed E-state index contributed by atoms with van der Waals surface area (Å²) >= 11 is 0. The predicted octanol–water partition coefficient (Wildman–Crippen LogP) is 3.53. The lowest BCUT2D eigenvalue weighted by atomic mass is 9.91. The molecule has 1 fully saturated rings. The van der Waals surface area contributed by atoms with Crippen molar-refractivity contribution in [3.05, 3.63) is 35.9 Å². The molecule has 3 unspecified atom stereocenters. The van der Waals surface area contributed by atoms with E-state index in [1.54, 1.807) is 0 Å². The molecule has 0 radical (unpaired) electrons. The van der Waals surface area contributed by atoms with Crippen LogP contribution in [0.4, 0.5) is 0 Å². The van der Waals surface area contributed by atoms with Crippen LogP contribution in [0.3, 0.4) is 0 Å². The van der Waals surface area contributed by atoms with Gasteiger partial charge in [-0.05, 0) is 17.4 Å². The lowest BCUT2D eigenvalue weighted by molar-refractivity contribution is 0.0722. The smallest absolute Gasteiger partial charge is 0.0250 e. The van der Waals surface area contributed by atoms with E-state index in [-0.39, 0.29) is 0 Å². The Labute approximate surface area is 124 Å². The molecule has 20 heavy (non-hydrogen) atoms. The van der Waals surface area contributed by atoms with Gasteiger partial charge in [0.25, 0.3) is 0 Å². The molecule has 0 aromatic heterocycles. The largest absolute Gasteiger partial charge is 0.311 e. The highest BCUT2D eigenvalue weighted by atomic mass is 15.2. The molecule has 2 heteroatoms. The van der Waals surface area contributed by atoms with Crippen molar-refractivity contribution >= 4 is 0 Å². The zero-order valence-electron chi connectivity index (χ0n) is 13.5. The summed E-state index contributed by atoms with van der Waals surface area (Å²) in [6.07, 6.45) is 1.25. The van der Waals surface area contributed by atoms with E-state index in [0.717, 1.165) is 19.0 Å². The first-order valence-corrected chi connectivity index (χ1v) is 8.13. The van der Waals surface area contributed by atoms with Gasteiger partial charge in [0.2, 0.25) is 0 Å². The molecule has 0 spiro atoms. The van der Waals surface area contributed by atoms with Crippen LogP contribution in [0.1, 0.15) is 39.7 Å². The highest BCUT2D eigenvalue weighted by molar-refractivity contribution is 5.15. The molecule has 0 bridgehead atoms. The number of nitrogens with zero attached hydrogens (tertiary/aromatic N) is 1. The fourth-order valence-electron chi connectivity index (χ4n) is 3.13. The number of piperazine rings is 1. The molecule has 0 aliphatic carbocycles. The molecule has 0 saturated carbocycles. The quantitative estimate of drug-likeness (QED) is 0.883. The minimum atomic E-state index is 0.624. The van der Waals surface area contributed by atoms with Crippen LogP contribution in [0.25, 0.3) is 0 Å². The third-order valence-electron chi connectivity index (χ3n) is 4.82. The number of rotatable bonds is 5. The van der Waals surface area contributed by atoms with Gasteiger partial charge < -0.3 is 5.32 Å². The Kier molecular flexibility index (Phi) is 5.62. The van der Waals surface area contributed by atoms with Gasteiger partial charge in [-0.3, -0.25) is 4.90 Å². The first-order valence-electron chi connectivity index (χ1n) is 8.13. The van der Waals surface area contributed by atoms with Gasteiger partial charge >= 0.3 is 0 Å². The number of hydrogen-bond acceptors (Lipinski definition) is 2. The molecule has 1 saturated heterocycles. The molecule has 1 aromatic rings. The molecular formula is C18H30N2. The Morgan fingerprint density at radius 3 is 2.50 bits per heavy atom. The lowest BCUT2D eigenvalue weighted by Crippen LogP contribution is -2.59. The summed E-state index contributed by atoms with van der Waals surface area (Å²) in [4.78, 5) is 2.70. The van der Waals surface area contributed by atoms with E-state index in [2.05, 4.69) is 68.2 Å². The van der Waals surface area contributed by atoms with Crippen molar-refractivity contribution in [2.75, 3.05) is 13.1 Å². The molecule has 1 heterocycles. The van der Waals surface area contributed by atoms with Gasteiger partial charge in [-0.15, -0.1) is 0 Å². The van der Waals surface area contributed by atoms with E-state index in [9.17, 15) is 0 Å². The van der Waals surface area contributed by atoms with Crippen molar-refractivity contribution in [1.82, 2.24) is 10.2 Å². The van der Waals surface area contributed by atoms with E-state index in [4.69, 9.17) is 0 Å². The average Bonchev–Trinajstić information content (AvgIpc) is 2.47. The van der Waals surface area contributed by atoms with Crippen molar-refractivity contribution in [3.8, 4) is 0 Å². The molecule has 1 aromatic carbocycles. The fraction of sp³-hybridized carbons (Fsp3) is 0.667. The highest BCUT2D eigenvalue weighted by Crippen LogP contribution is 2.22. The van der Waals surface area contributed by atoms with Crippen LogP contribution < -0.4 is 5.32 Å². The van der Waals surface area contributed by atoms with Crippen LogP contribution in [0, 0.1) is 11.8 Å². The summed E-state index contributed by atoms with van der Waals surface area (Å²) in [7, 11) is 0. The minimum absolute atomic E-state index is 0.624. The minimum Gasteiger partial charge on any atom is -0.311 e. The van der Waals surface area contributed by atoms with Gasteiger partial charge in [-0.25, -0.2) is 0 Å². The Balaban J connectivity index is 2.09. The molecule has 0 amide bonds. The molecule has 3 atom stereocenters. The number of hydrogen-bond donors (Lipinski definition) is 1. The second-order valence-corrected chi connectivity index (χ2v) is 6.63. The summed E-state index contributed by atoms with van der Waals surface area (Å²) in [6.45, 7) is 12.7. The first kappa shape index (κ1) is 15.5. The second kappa shape index (κ2) is 7.24. The van der Waals surface area contributed by atoms with Crippen LogP contribution in [0.5, 0.6) is 0 Å². The van der Waals surface area contributed by atoms with Crippen LogP contribution in [0.2, 0.25) is 0 Å². The fourth-order valence-corrected chi connectivity index (χ4v) is 3.13. The van der Waals surface area contributed by atoms with E-state index in [0.29, 0.717) is 18.0 Å². The maximum atomic E-state index is 3.76. The molecule has 1 aliphatic heterocycles. The summed E-state index contributed by atoms with van der Waals surface area (Å²) in [5.74, 6) is 1.45. The van der Waals surface area contributed by atoms with Crippen molar-refractivity contribution in [3.63, 3.8) is 0 Å². The van der Waals surface area contributed by atoms with E-state index < -0.39 is 0 Å². The van der Waals surface area contributed by atoms with Crippen molar-refractivity contribution < 1.29 is 0 Å². The highest BCUT2D eigenvalue weighted by Gasteiger charge is 2.31. The number of nitrogens with one attached hydrogen (secondary N) is 1. The van der Waals surface area contributed by atoms with Gasteiger partial charge in [0.1, 0.15) is 0 Å². The molecule has 2 rings (SSSR count). The Morgan fingerprint density at radius 1 is 1.20 bits per heavy atom.